The Morgan fingerprint density at radius 1 is 1.08 bits per heavy atom. The van der Waals surface area contributed by atoms with Crippen molar-refractivity contribution in [3.05, 3.63) is 87.6 Å². The Hall–Kier alpha value is -2.52. The van der Waals surface area contributed by atoms with Gasteiger partial charge in [0.25, 0.3) is 0 Å². The van der Waals surface area contributed by atoms with Crippen molar-refractivity contribution in [2.75, 3.05) is 32.8 Å². The van der Waals surface area contributed by atoms with Crippen LogP contribution in [0, 0.1) is 0 Å². The SMILES string of the molecule is CCOCCCN(CC(=O)N1CCc2sccc2C1c1ccccc1)S(=O)(=O)c1ccc(C(C)(C)C)cc1. The summed E-state index contributed by atoms with van der Waals surface area (Å²) in [6, 6.07) is 18.9. The van der Waals surface area contributed by atoms with E-state index in [0.29, 0.717) is 26.2 Å². The van der Waals surface area contributed by atoms with Gasteiger partial charge in [0, 0.05) is 31.2 Å². The highest BCUT2D eigenvalue weighted by molar-refractivity contribution is 7.89. The predicted octanol–water partition coefficient (Wildman–Crippen LogP) is 5.64. The number of fused-ring (bicyclic) bond motifs is 1. The molecule has 1 atom stereocenters. The number of sulfonamides is 1. The van der Waals surface area contributed by atoms with E-state index in [2.05, 4.69) is 32.2 Å². The molecule has 4 rings (SSSR count). The smallest absolute Gasteiger partial charge is 0.243 e. The molecule has 1 aliphatic rings. The molecule has 0 bridgehead atoms. The van der Waals surface area contributed by atoms with E-state index in [9.17, 15) is 13.2 Å². The second-order valence-electron chi connectivity index (χ2n) is 10.6. The minimum Gasteiger partial charge on any atom is -0.382 e. The van der Waals surface area contributed by atoms with E-state index in [-0.39, 0.29) is 35.3 Å². The van der Waals surface area contributed by atoms with Crippen LogP contribution in [0.4, 0.5) is 0 Å². The highest BCUT2D eigenvalue weighted by atomic mass is 32.2. The molecule has 0 saturated heterocycles. The largest absolute Gasteiger partial charge is 0.382 e. The van der Waals surface area contributed by atoms with Crippen LogP contribution in [0.2, 0.25) is 0 Å². The first-order chi connectivity index (χ1) is 18.1. The summed E-state index contributed by atoms with van der Waals surface area (Å²) in [4.78, 5) is 17.2. The first-order valence-corrected chi connectivity index (χ1v) is 15.5. The fraction of sp³-hybridized carbons (Fsp3) is 0.433. The first kappa shape index (κ1) is 28.5. The van der Waals surface area contributed by atoms with Gasteiger partial charge in [-0.3, -0.25) is 4.79 Å². The number of nitrogens with zero attached hydrogens (tertiary/aromatic N) is 2. The van der Waals surface area contributed by atoms with E-state index >= 15 is 0 Å². The van der Waals surface area contributed by atoms with Crippen molar-refractivity contribution < 1.29 is 17.9 Å². The van der Waals surface area contributed by atoms with Gasteiger partial charge in [0.1, 0.15) is 0 Å². The Balaban J connectivity index is 1.62. The molecule has 1 amide bonds. The maximum Gasteiger partial charge on any atom is 0.243 e. The van der Waals surface area contributed by atoms with E-state index in [1.165, 1.54) is 9.18 Å². The van der Waals surface area contributed by atoms with Crippen LogP contribution in [-0.4, -0.2) is 56.4 Å². The Labute approximate surface area is 231 Å². The van der Waals surface area contributed by atoms with Gasteiger partial charge in [-0.15, -0.1) is 11.3 Å². The summed E-state index contributed by atoms with van der Waals surface area (Å²) in [5, 5.41) is 2.07. The molecule has 1 aromatic heterocycles. The highest BCUT2D eigenvalue weighted by Crippen LogP contribution is 2.38. The second kappa shape index (κ2) is 12.1. The molecule has 0 aliphatic carbocycles. The van der Waals surface area contributed by atoms with Crippen LogP contribution in [0.1, 0.15) is 61.7 Å². The van der Waals surface area contributed by atoms with Crippen molar-refractivity contribution in [3.8, 4) is 0 Å². The van der Waals surface area contributed by atoms with E-state index in [1.807, 2.05) is 54.3 Å². The summed E-state index contributed by atoms with van der Waals surface area (Å²) >= 11 is 1.71. The lowest BCUT2D eigenvalue weighted by atomic mass is 9.87. The number of benzene rings is 2. The van der Waals surface area contributed by atoms with Crippen molar-refractivity contribution in [2.45, 2.75) is 56.9 Å². The van der Waals surface area contributed by atoms with Gasteiger partial charge in [-0.05, 0) is 65.4 Å². The summed E-state index contributed by atoms with van der Waals surface area (Å²) in [6.07, 6.45) is 1.28. The zero-order valence-corrected chi connectivity index (χ0v) is 24.4. The van der Waals surface area contributed by atoms with Crippen LogP contribution >= 0.6 is 11.3 Å². The van der Waals surface area contributed by atoms with Crippen molar-refractivity contribution in [1.82, 2.24) is 9.21 Å². The van der Waals surface area contributed by atoms with Gasteiger partial charge >= 0.3 is 0 Å². The Morgan fingerprint density at radius 2 is 1.79 bits per heavy atom. The molecule has 204 valence electrons. The molecule has 3 aromatic rings. The number of hydrogen-bond acceptors (Lipinski definition) is 5. The molecule has 0 spiro atoms. The van der Waals surface area contributed by atoms with Crippen molar-refractivity contribution in [3.63, 3.8) is 0 Å². The lowest BCUT2D eigenvalue weighted by Crippen LogP contribution is -2.47. The third-order valence-corrected chi connectivity index (χ3v) is 9.83. The summed E-state index contributed by atoms with van der Waals surface area (Å²) in [5.41, 5.74) is 3.13. The molecule has 2 aromatic carbocycles. The van der Waals surface area contributed by atoms with Gasteiger partial charge < -0.3 is 9.64 Å². The van der Waals surface area contributed by atoms with Gasteiger partial charge in [-0.25, -0.2) is 8.42 Å². The third kappa shape index (κ3) is 6.37. The van der Waals surface area contributed by atoms with Crippen molar-refractivity contribution in [1.29, 1.82) is 0 Å². The Kier molecular flexibility index (Phi) is 9.08. The zero-order valence-electron chi connectivity index (χ0n) is 22.7. The maximum atomic E-state index is 13.9. The average Bonchev–Trinajstić information content (AvgIpc) is 3.39. The van der Waals surface area contributed by atoms with Crippen LogP contribution in [0.15, 0.2) is 70.9 Å². The fourth-order valence-corrected chi connectivity index (χ4v) is 7.20. The molecule has 38 heavy (non-hydrogen) atoms. The van der Waals surface area contributed by atoms with E-state index in [0.717, 1.165) is 23.1 Å². The molecule has 1 aliphatic heterocycles. The molecule has 8 heteroatoms. The quantitative estimate of drug-likeness (QED) is 0.304. The van der Waals surface area contributed by atoms with E-state index in [1.54, 1.807) is 23.5 Å². The molecule has 0 N–H and O–H groups in total. The molecule has 0 radical (unpaired) electrons. The molecular weight excluding hydrogens is 516 g/mol. The summed E-state index contributed by atoms with van der Waals surface area (Å²) in [6.45, 7) is 9.75. The third-order valence-electron chi connectivity index (χ3n) is 6.97. The number of thiophene rings is 1. The number of amides is 1. The van der Waals surface area contributed by atoms with Crippen LogP contribution < -0.4 is 0 Å². The monoisotopic (exact) mass is 554 g/mol. The van der Waals surface area contributed by atoms with E-state index < -0.39 is 10.0 Å². The fourth-order valence-electron chi connectivity index (χ4n) is 4.87. The molecule has 0 fully saturated rings. The summed E-state index contributed by atoms with van der Waals surface area (Å²) < 4.78 is 34.4. The topological polar surface area (TPSA) is 66.9 Å². The van der Waals surface area contributed by atoms with Gasteiger partial charge in [-0.2, -0.15) is 4.31 Å². The molecular formula is C30H38N2O4S2. The maximum absolute atomic E-state index is 13.9. The lowest BCUT2D eigenvalue weighted by molar-refractivity contribution is -0.133. The molecule has 6 nitrogen and oxygen atoms in total. The van der Waals surface area contributed by atoms with Crippen LogP contribution in [0.25, 0.3) is 0 Å². The van der Waals surface area contributed by atoms with Gasteiger partial charge in [0.15, 0.2) is 0 Å². The van der Waals surface area contributed by atoms with Crippen molar-refractivity contribution in [2.24, 2.45) is 0 Å². The van der Waals surface area contributed by atoms with E-state index in [4.69, 9.17) is 4.74 Å². The Morgan fingerprint density at radius 3 is 2.45 bits per heavy atom. The zero-order chi connectivity index (χ0) is 27.3. The van der Waals surface area contributed by atoms with Gasteiger partial charge in [-0.1, -0.05) is 63.2 Å². The van der Waals surface area contributed by atoms with Crippen LogP contribution in [0.3, 0.4) is 0 Å². The first-order valence-electron chi connectivity index (χ1n) is 13.2. The predicted molar refractivity (Wildman–Crippen MR) is 153 cm³/mol. The normalized spacial score (nSPS) is 16.0. The molecule has 0 saturated carbocycles. The standard InChI is InChI=1S/C30H38N2O4S2/c1-5-36-20-9-18-31(38(34,35)25-14-12-24(13-15-25)30(2,3)4)22-28(33)32-19-16-27-26(17-21-37-27)29(32)23-10-7-6-8-11-23/h6-8,10-15,17,21,29H,5,9,16,18-20,22H2,1-4H3. The Bertz CT molecular complexity index is 1310. The number of carbonyl (C=O) groups excluding carboxylic acids is 1. The second-order valence-corrected chi connectivity index (χ2v) is 13.6. The van der Waals surface area contributed by atoms with Gasteiger partial charge in [0.2, 0.25) is 15.9 Å². The minimum absolute atomic E-state index is 0.0866. The minimum atomic E-state index is -3.88. The number of rotatable bonds is 10. The highest BCUT2D eigenvalue weighted by Gasteiger charge is 2.35. The lowest BCUT2D eigenvalue weighted by Gasteiger charge is -2.37. The summed E-state index contributed by atoms with van der Waals surface area (Å²) in [7, 11) is -3.88. The number of carbonyl (C=O) groups is 1. The number of ether oxygens (including phenoxy) is 1. The number of hydrogen-bond donors (Lipinski definition) is 0. The van der Waals surface area contributed by atoms with Crippen LogP contribution in [-0.2, 0) is 31.4 Å². The molecule has 1 unspecified atom stereocenters. The van der Waals surface area contributed by atoms with Crippen LogP contribution in [0.5, 0.6) is 0 Å². The molecule has 2 heterocycles. The average molecular weight is 555 g/mol. The summed E-state index contributed by atoms with van der Waals surface area (Å²) in [5.74, 6) is -0.193. The van der Waals surface area contributed by atoms with Crippen molar-refractivity contribution >= 4 is 27.3 Å². The van der Waals surface area contributed by atoms with Gasteiger partial charge in [0.05, 0.1) is 17.5 Å².